The van der Waals surface area contributed by atoms with Crippen LogP contribution in [0, 0.1) is 11.8 Å². The predicted octanol–water partition coefficient (Wildman–Crippen LogP) is 2.44. The number of benzene rings is 1. The van der Waals surface area contributed by atoms with E-state index in [0.29, 0.717) is 37.4 Å². The summed E-state index contributed by atoms with van der Waals surface area (Å²) in [5.41, 5.74) is 6.59. The van der Waals surface area contributed by atoms with E-state index in [0.717, 1.165) is 30.2 Å². The predicted molar refractivity (Wildman–Crippen MR) is 120 cm³/mol. The van der Waals surface area contributed by atoms with Gasteiger partial charge in [0, 0.05) is 38.3 Å². The smallest absolute Gasteiger partial charge is 0.324 e. The van der Waals surface area contributed by atoms with Gasteiger partial charge in [-0.3, -0.25) is 0 Å². The number of nitrogens with zero attached hydrogens (tertiary/aromatic N) is 5. The number of anilines is 1. The molecule has 0 radical (unpaired) electrons. The van der Waals surface area contributed by atoms with Crippen molar-refractivity contribution >= 4 is 12.0 Å². The summed E-state index contributed by atoms with van der Waals surface area (Å²) in [7, 11) is 1.64. The van der Waals surface area contributed by atoms with Crippen molar-refractivity contribution in [3.63, 3.8) is 0 Å². The van der Waals surface area contributed by atoms with Gasteiger partial charge in [0.15, 0.2) is 0 Å². The van der Waals surface area contributed by atoms with Crippen LogP contribution < -0.4 is 15.4 Å². The molecule has 172 valence electrons. The number of methoxy groups -OCH3 is 1. The van der Waals surface area contributed by atoms with Gasteiger partial charge < -0.3 is 29.7 Å². The van der Waals surface area contributed by atoms with Gasteiger partial charge in [0.1, 0.15) is 5.75 Å². The third-order valence-corrected chi connectivity index (χ3v) is 6.99. The van der Waals surface area contributed by atoms with Gasteiger partial charge in [-0.05, 0) is 68.3 Å². The first-order valence-corrected chi connectivity index (χ1v) is 11.6. The number of hydrogen-bond donors (Lipinski definition) is 1. The first-order valence-electron chi connectivity index (χ1n) is 11.6. The molecule has 3 heterocycles. The Labute approximate surface area is 188 Å². The minimum Gasteiger partial charge on any atom is -0.497 e. The van der Waals surface area contributed by atoms with Crippen LogP contribution in [0.1, 0.15) is 25.7 Å². The Bertz CT molecular complexity index is 928. The molecule has 2 aromatic rings. The highest BCUT2D eigenvalue weighted by atomic mass is 16.5. The number of rotatable bonds is 7. The normalized spacial score (nSPS) is 24.2. The Morgan fingerprint density at radius 2 is 1.94 bits per heavy atom. The zero-order valence-corrected chi connectivity index (χ0v) is 18.7. The van der Waals surface area contributed by atoms with Gasteiger partial charge >= 0.3 is 12.0 Å². The fourth-order valence-electron chi connectivity index (χ4n) is 5.04. The number of carbonyl (C=O) groups is 1. The number of carbonyl (C=O) groups excluding carboxylic acids is 1. The second-order valence-corrected chi connectivity index (χ2v) is 9.35. The molecule has 2 saturated heterocycles. The van der Waals surface area contributed by atoms with Crippen molar-refractivity contribution in [2.75, 3.05) is 51.3 Å². The van der Waals surface area contributed by atoms with Crippen LogP contribution in [0.3, 0.4) is 0 Å². The Kier molecular flexibility index (Phi) is 5.91. The topological polar surface area (TPSA) is 101 Å². The van der Waals surface area contributed by atoms with Gasteiger partial charge in [-0.25, -0.2) is 4.79 Å². The van der Waals surface area contributed by atoms with Crippen molar-refractivity contribution in [2.24, 2.45) is 17.6 Å². The Hall–Kier alpha value is -2.81. The van der Waals surface area contributed by atoms with E-state index in [1.165, 1.54) is 32.4 Å². The highest BCUT2D eigenvalue weighted by Gasteiger charge is 2.36. The summed E-state index contributed by atoms with van der Waals surface area (Å²) in [5, 5.41) is 4.16. The van der Waals surface area contributed by atoms with Crippen LogP contribution in [0.25, 0.3) is 11.4 Å². The lowest BCUT2D eigenvalue weighted by molar-refractivity contribution is 0.158. The average molecular weight is 441 g/mol. The Morgan fingerprint density at radius 3 is 2.66 bits per heavy atom. The van der Waals surface area contributed by atoms with E-state index in [1.807, 2.05) is 29.2 Å². The third-order valence-electron chi connectivity index (χ3n) is 6.99. The lowest BCUT2D eigenvalue weighted by Gasteiger charge is -2.40. The number of ether oxygens (including phenoxy) is 1. The summed E-state index contributed by atoms with van der Waals surface area (Å²) in [6.45, 7) is 5.39. The highest BCUT2D eigenvalue weighted by Crippen LogP contribution is 2.33. The molecule has 1 aromatic heterocycles. The molecule has 1 saturated carbocycles. The molecule has 2 atom stereocenters. The molecular formula is C23H32N6O3. The molecule has 9 heteroatoms. The summed E-state index contributed by atoms with van der Waals surface area (Å²) >= 11 is 0. The minimum atomic E-state index is -0.341. The standard InChI is InChI=1S/C23H32N6O3/c1-31-20-6-4-18(5-7-20)21-25-23(32-26-21)28-10-11-29(22(24)30)19(15-28)12-17-8-9-27(14-17)13-16-2-3-16/h4-7,16-17,19H,2-3,8-15H2,1H3,(H2,24,30). The number of urea groups is 1. The maximum absolute atomic E-state index is 12.1. The number of piperazine rings is 1. The monoisotopic (exact) mass is 440 g/mol. The quantitative estimate of drug-likeness (QED) is 0.706. The van der Waals surface area contributed by atoms with Crippen molar-refractivity contribution in [3.8, 4) is 17.1 Å². The Morgan fingerprint density at radius 1 is 1.12 bits per heavy atom. The van der Waals surface area contributed by atoms with Crippen molar-refractivity contribution in [1.29, 1.82) is 0 Å². The number of primary amides is 1. The van der Waals surface area contributed by atoms with Gasteiger partial charge in [0.05, 0.1) is 13.2 Å². The fourth-order valence-corrected chi connectivity index (χ4v) is 5.04. The summed E-state index contributed by atoms with van der Waals surface area (Å²) in [6.07, 6.45) is 4.92. The SMILES string of the molecule is COc1ccc(-c2noc(N3CCN(C(N)=O)C(CC4CCN(CC5CC5)C4)C3)n2)cc1. The minimum absolute atomic E-state index is 0.0588. The summed E-state index contributed by atoms with van der Waals surface area (Å²) in [4.78, 5) is 23.2. The molecular weight excluding hydrogens is 408 g/mol. The summed E-state index contributed by atoms with van der Waals surface area (Å²) in [5.74, 6) is 2.84. The second kappa shape index (κ2) is 8.97. The molecule has 2 unspecified atom stereocenters. The van der Waals surface area contributed by atoms with E-state index in [-0.39, 0.29) is 12.1 Å². The number of likely N-dealkylation sites (tertiary alicyclic amines) is 1. The van der Waals surface area contributed by atoms with E-state index in [4.69, 9.17) is 15.0 Å². The molecule has 1 aromatic carbocycles. The van der Waals surface area contributed by atoms with Crippen LogP contribution in [0.5, 0.6) is 5.75 Å². The molecule has 2 N–H and O–H groups in total. The molecule has 3 aliphatic rings. The van der Waals surface area contributed by atoms with E-state index in [2.05, 4.69) is 19.9 Å². The average Bonchev–Trinajstić information content (AvgIpc) is 3.29. The van der Waals surface area contributed by atoms with Gasteiger partial charge in [-0.1, -0.05) is 5.16 Å². The number of hydrogen-bond acceptors (Lipinski definition) is 7. The maximum atomic E-state index is 12.1. The zero-order valence-electron chi connectivity index (χ0n) is 18.7. The number of amides is 2. The molecule has 2 amide bonds. The summed E-state index contributed by atoms with van der Waals surface area (Å²) in [6, 6.07) is 7.79. The van der Waals surface area contributed by atoms with Crippen molar-refractivity contribution in [3.05, 3.63) is 24.3 Å². The van der Waals surface area contributed by atoms with Crippen molar-refractivity contribution < 1.29 is 14.1 Å². The van der Waals surface area contributed by atoms with E-state index < -0.39 is 0 Å². The van der Waals surface area contributed by atoms with Gasteiger partial charge in [0.25, 0.3) is 0 Å². The molecule has 2 aliphatic heterocycles. The Balaban J connectivity index is 1.24. The van der Waals surface area contributed by atoms with Crippen LogP contribution in [0.4, 0.5) is 10.8 Å². The van der Waals surface area contributed by atoms with Crippen molar-refractivity contribution in [2.45, 2.75) is 31.7 Å². The lowest BCUT2D eigenvalue weighted by Crippen LogP contribution is -2.57. The van der Waals surface area contributed by atoms with Crippen LogP contribution >= 0.6 is 0 Å². The fraction of sp³-hybridized carbons (Fsp3) is 0.609. The first kappa shape index (κ1) is 21.1. The zero-order chi connectivity index (χ0) is 22.1. The van der Waals surface area contributed by atoms with Crippen LogP contribution in [0.2, 0.25) is 0 Å². The molecule has 9 nitrogen and oxygen atoms in total. The molecule has 1 aliphatic carbocycles. The molecule has 5 rings (SSSR count). The third kappa shape index (κ3) is 4.67. The lowest BCUT2D eigenvalue weighted by atomic mass is 9.96. The molecule has 0 spiro atoms. The summed E-state index contributed by atoms with van der Waals surface area (Å²) < 4.78 is 10.8. The van der Waals surface area contributed by atoms with Crippen molar-refractivity contribution in [1.82, 2.24) is 19.9 Å². The maximum Gasteiger partial charge on any atom is 0.324 e. The highest BCUT2D eigenvalue weighted by molar-refractivity contribution is 5.72. The number of aromatic nitrogens is 2. The van der Waals surface area contributed by atoms with E-state index in [1.54, 1.807) is 7.11 Å². The van der Waals surface area contributed by atoms with Crippen LogP contribution in [-0.4, -0.2) is 78.4 Å². The van der Waals surface area contributed by atoms with Gasteiger partial charge in [0.2, 0.25) is 5.82 Å². The van der Waals surface area contributed by atoms with Crippen LogP contribution in [0.15, 0.2) is 28.8 Å². The van der Waals surface area contributed by atoms with Crippen LogP contribution in [-0.2, 0) is 0 Å². The van der Waals surface area contributed by atoms with E-state index >= 15 is 0 Å². The molecule has 32 heavy (non-hydrogen) atoms. The molecule has 0 bridgehead atoms. The first-order chi connectivity index (χ1) is 15.6. The van der Waals surface area contributed by atoms with E-state index in [9.17, 15) is 4.79 Å². The van der Waals surface area contributed by atoms with Gasteiger partial charge in [-0.15, -0.1) is 0 Å². The largest absolute Gasteiger partial charge is 0.497 e. The molecule has 3 fully saturated rings. The van der Waals surface area contributed by atoms with Gasteiger partial charge in [-0.2, -0.15) is 4.98 Å². The second-order valence-electron chi connectivity index (χ2n) is 9.35. The number of nitrogens with two attached hydrogens (primary N) is 1.